The molecule has 2 N–H and O–H groups in total. The maximum absolute atomic E-state index is 9.67. The van der Waals surface area contributed by atoms with Gasteiger partial charge in [0, 0.05) is 6.61 Å². The van der Waals surface area contributed by atoms with Crippen LogP contribution in [-0.2, 0) is 10.3 Å². The van der Waals surface area contributed by atoms with Gasteiger partial charge in [0.05, 0.1) is 25.9 Å². The standard InChI is InChI=1S/C13H19NO3/c1-16-12-5-3-11(4-6-12)13(9-15)10-17-8-2-7-14-13/h3-6,14-15H,2,7-10H2,1H3. The van der Waals surface area contributed by atoms with Crippen molar-refractivity contribution in [3.8, 4) is 5.75 Å². The van der Waals surface area contributed by atoms with Crippen LogP contribution in [0, 0.1) is 0 Å². The van der Waals surface area contributed by atoms with E-state index in [4.69, 9.17) is 9.47 Å². The first-order valence-electron chi connectivity index (χ1n) is 5.89. The zero-order valence-corrected chi connectivity index (χ0v) is 10.1. The SMILES string of the molecule is COc1ccc(C2(CO)COCCCN2)cc1. The summed E-state index contributed by atoms with van der Waals surface area (Å²) >= 11 is 0. The fourth-order valence-electron chi connectivity index (χ4n) is 2.09. The highest BCUT2D eigenvalue weighted by molar-refractivity contribution is 5.32. The number of aliphatic hydroxyl groups is 1. The Morgan fingerprint density at radius 2 is 2.18 bits per heavy atom. The quantitative estimate of drug-likeness (QED) is 0.820. The first kappa shape index (κ1) is 12.4. The molecule has 0 spiro atoms. The van der Waals surface area contributed by atoms with Gasteiger partial charge < -0.3 is 19.9 Å². The minimum absolute atomic E-state index is 0.0271. The third-order valence-corrected chi connectivity index (χ3v) is 3.19. The number of rotatable bonds is 3. The monoisotopic (exact) mass is 237 g/mol. The van der Waals surface area contributed by atoms with Gasteiger partial charge in [0.15, 0.2) is 0 Å². The summed E-state index contributed by atoms with van der Waals surface area (Å²) in [5, 5.41) is 13.1. The molecule has 94 valence electrons. The van der Waals surface area contributed by atoms with Crippen LogP contribution in [0.3, 0.4) is 0 Å². The zero-order chi connectivity index (χ0) is 12.1. The Labute approximate surface area is 102 Å². The summed E-state index contributed by atoms with van der Waals surface area (Å²) in [4.78, 5) is 0. The number of nitrogens with one attached hydrogen (secondary N) is 1. The molecule has 1 fully saturated rings. The average molecular weight is 237 g/mol. The summed E-state index contributed by atoms with van der Waals surface area (Å²) in [6, 6.07) is 7.74. The van der Waals surface area contributed by atoms with Gasteiger partial charge in [-0.25, -0.2) is 0 Å². The second kappa shape index (κ2) is 5.49. The van der Waals surface area contributed by atoms with E-state index in [-0.39, 0.29) is 6.61 Å². The number of hydrogen-bond donors (Lipinski definition) is 2. The number of hydrogen-bond acceptors (Lipinski definition) is 4. The molecule has 1 heterocycles. The topological polar surface area (TPSA) is 50.7 Å². The van der Waals surface area contributed by atoms with Crippen LogP contribution in [0.1, 0.15) is 12.0 Å². The second-order valence-corrected chi connectivity index (χ2v) is 4.30. The highest BCUT2D eigenvalue weighted by atomic mass is 16.5. The van der Waals surface area contributed by atoms with Crippen molar-refractivity contribution >= 4 is 0 Å². The van der Waals surface area contributed by atoms with Crippen molar-refractivity contribution in [2.45, 2.75) is 12.0 Å². The Morgan fingerprint density at radius 1 is 1.41 bits per heavy atom. The van der Waals surface area contributed by atoms with E-state index in [1.54, 1.807) is 7.11 Å². The van der Waals surface area contributed by atoms with Crippen LogP contribution in [0.5, 0.6) is 5.75 Å². The van der Waals surface area contributed by atoms with Crippen molar-refractivity contribution in [1.82, 2.24) is 5.32 Å². The Kier molecular flexibility index (Phi) is 3.99. The van der Waals surface area contributed by atoms with E-state index in [9.17, 15) is 5.11 Å². The van der Waals surface area contributed by atoms with Crippen molar-refractivity contribution < 1.29 is 14.6 Å². The van der Waals surface area contributed by atoms with Gasteiger partial charge in [-0.3, -0.25) is 0 Å². The second-order valence-electron chi connectivity index (χ2n) is 4.30. The fraction of sp³-hybridized carbons (Fsp3) is 0.538. The molecule has 0 aliphatic carbocycles. The predicted molar refractivity (Wildman–Crippen MR) is 65.2 cm³/mol. The molecular weight excluding hydrogens is 218 g/mol. The van der Waals surface area contributed by atoms with Crippen LogP contribution in [-0.4, -0.2) is 38.6 Å². The number of aliphatic hydroxyl groups excluding tert-OH is 1. The minimum atomic E-state index is -0.483. The molecule has 1 aromatic carbocycles. The van der Waals surface area contributed by atoms with Crippen LogP contribution in [0.4, 0.5) is 0 Å². The van der Waals surface area contributed by atoms with Gasteiger partial charge in [-0.2, -0.15) is 0 Å². The molecule has 17 heavy (non-hydrogen) atoms. The maximum Gasteiger partial charge on any atom is 0.118 e. The lowest BCUT2D eigenvalue weighted by molar-refractivity contribution is 0.0551. The molecule has 4 heteroatoms. The van der Waals surface area contributed by atoms with Crippen LogP contribution >= 0.6 is 0 Å². The lowest BCUT2D eigenvalue weighted by Gasteiger charge is -2.31. The van der Waals surface area contributed by atoms with E-state index in [2.05, 4.69) is 5.32 Å². The van der Waals surface area contributed by atoms with Crippen molar-refractivity contribution in [1.29, 1.82) is 0 Å². The average Bonchev–Trinajstić information content (AvgIpc) is 2.65. The summed E-state index contributed by atoms with van der Waals surface area (Å²) in [7, 11) is 1.64. The third kappa shape index (κ3) is 2.60. The minimum Gasteiger partial charge on any atom is -0.497 e. The summed E-state index contributed by atoms with van der Waals surface area (Å²) in [5.41, 5.74) is 0.547. The Hall–Kier alpha value is -1.10. The van der Waals surface area contributed by atoms with E-state index in [1.807, 2.05) is 24.3 Å². The molecule has 2 rings (SSSR count). The molecule has 0 saturated carbocycles. The van der Waals surface area contributed by atoms with Gasteiger partial charge in [-0.05, 0) is 30.7 Å². The molecule has 4 nitrogen and oxygen atoms in total. The lowest BCUT2D eigenvalue weighted by Crippen LogP contribution is -2.48. The molecule has 1 saturated heterocycles. The molecule has 0 amide bonds. The van der Waals surface area contributed by atoms with Gasteiger partial charge >= 0.3 is 0 Å². The fourth-order valence-corrected chi connectivity index (χ4v) is 2.09. The molecular formula is C13H19NO3. The van der Waals surface area contributed by atoms with Gasteiger partial charge in [-0.1, -0.05) is 12.1 Å². The van der Waals surface area contributed by atoms with Gasteiger partial charge in [0.1, 0.15) is 5.75 Å². The number of methoxy groups -OCH3 is 1. The Balaban J connectivity index is 2.25. The number of benzene rings is 1. The van der Waals surface area contributed by atoms with Gasteiger partial charge in [0.25, 0.3) is 0 Å². The van der Waals surface area contributed by atoms with Crippen molar-refractivity contribution in [2.24, 2.45) is 0 Å². The maximum atomic E-state index is 9.67. The summed E-state index contributed by atoms with van der Waals surface area (Å²) < 4.78 is 10.7. The van der Waals surface area contributed by atoms with Crippen molar-refractivity contribution in [3.63, 3.8) is 0 Å². The van der Waals surface area contributed by atoms with Crippen LogP contribution < -0.4 is 10.1 Å². The van der Waals surface area contributed by atoms with Crippen LogP contribution in [0.2, 0.25) is 0 Å². The summed E-state index contributed by atoms with van der Waals surface area (Å²) in [5.74, 6) is 0.816. The zero-order valence-electron chi connectivity index (χ0n) is 10.1. The van der Waals surface area contributed by atoms with Gasteiger partial charge in [0.2, 0.25) is 0 Å². The highest BCUT2D eigenvalue weighted by Crippen LogP contribution is 2.25. The third-order valence-electron chi connectivity index (χ3n) is 3.19. The van der Waals surface area contributed by atoms with Crippen molar-refractivity contribution in [3.05, 3.63) is 29.8 Å². The largest absolute Gasteiger partial charge is 0.497 e. The Morgan fingerprint density at radius 3 is 2.82 bits per heavy atom. The molecule has 1 aliphatic heterocycles. The first-order valence-corrected chi connectivity index (χ1v) is 5.89. The highest BCUT2D eigenvalue weighted by Gasteiger charge is 2.32. The lowest BCUT2D eigenvalue weighted by atomic mass is 9.91. The van der Waals surface area contributed by atoms with Crippen LogP contribution in [0.25, 0.3) is 0 Å². The van der Waals surface area contributed by atoms with Crippen LogP contribution in [0.15, 0.2) is 24.3 Å². The van der Waals surface area contributed by atoms with E-state index in [0.29, 0.717) is 6.61 Å². The molecule has 0 aromatic heterocycles. The normalized spacial score (nSPS) is 25.3. The van der Waals surface area contributed by atoms with E-state index >= 15 is 0 Å². The number of ether oxygens (including phenoxy) is 2. The Bertz CT molecular complexity index is 342. The molecule has 0 radical (unpaired) electrons. The van der Waals surface area contributed by atoms with E-state index in [0.717, 1.165) is 30.9 Å². The first-order chi connectivity index (χ1) is 8.30. The molecule has 0 bridgehead atoms. The van der Waals surface area contributed by atoms with E-state index < -0.39 is 5.54 Å². The molecule has 1 atom stereocenters. The summed E-state index contributed by atoms with van der Waals surface area (Å²) in [6.07, 6.45) is 0.970. The van der Waals surface area contributed by atoms with Crippen molar-refractivity contribution in [2.75, 3.05) is 33.5 Å². The molecule has 1 aliphatic rings. The summed E-state index contributed by atoms with van der Waals surface area (Å²) in [6.45, 7) is 2.12. The van der Waals surface area contributed by atoms with E-state index in [1.165, 1.54) is 0 Å². The smallest absolute Gasteiger partial charge is 0.118 e. The molecule has 1 unspecified atom stereocenters. The predicted octanol–water partition coefficient (Wildman–Crippen LogP) is 0.893. The van der Waals surface area contributed by atoms with Gasteiger partial charge in [-0.15, -0.1) is 0 Å². The molecule has 1 aromatic rings.